The highest BCUT2D eigenvalue weighted by Gasteiger charge is 2.40. The van der Waals surface area contributed by atoms with Crippen molar-refractivity contribution in [2.75, 3.05) is 0 Å². The Morgan fingerprint density at radius 1 is 0.915 bits per heavy atom. The van der Waals surface area contributed by atoms with Crippen LogP contribution in [0.25, 0.3) is 0 Å². The van der Waals surface area contributed by atoms with Gasteiger partial charge < -0.3 is 30.7 Å². The number of rotatable bonds is 6. The number of benzene rings is 2. The number of esters is 1. The number of cyclic esters (lactones) is 1. The monoisotopic (exact) mass is 666 g/mol. The summed E-state index contributed by atoms with van der Waals surface area (Å²) in [6.45, 7) is 2.42. The number of amides is 2. The van der Waals surface area contributed by atoms with Crippen LogP contribution in [0.15, 0.2) is 48.7 Å². The van der Waals surface area contributed by atoms with Gasteiger partial charge in [0, 0.05) is 24.2 Å². The summed E-state index contributed by atoms with van der Waals surface area (Å²) in [6.07, 6.45) is -5.57. The van der Waals surface area contributed by atoms with E-state index in [4.69, 9.17) is 4.74 Å². The zero-order valence-electron chi connectivity index (χ0n) is 24.9. The van der Waals surface area contributed by atoms with E-state index >= 15 is 0 Å². The number of nitrogens with zero attached hydrogens (tertiary/aromatic N) is 1. The molecule has 2 aromatic carbocycles. The minimum Gasteiger partial charge on any atom is -0.505 e. The van der Waals surface area contributed by atoms with E-state index in [9.17, 15) is 51.7 Å². The summed E-state index contributed by atoms with van der Waals surface area (Å²) in [5.74, 6) is -16.4. The third kappa shape index (κ3) is 7.84. The Kier molecular flexibility index (Phi) is 11.1. The maximum absolute atomic E-state index is 14.7. The fourth-order valence-corrected chi connectivity index (χ4v) is 5.08. The van der Waals surface area contributed by atoms with Crippen LogP contribution in [-0.2, 0) is 27.2 Å². The van der Waals surface area contributed by atoms with Gasteiger partial charge in [-0.25, -0.2) is 31.7 Å². The molecule has 1 aromatic heterocycles. The fraction of sp³-hybridized carbons (Fsp3) is 0.355. The third-order valence-electron chi connectivity index (χ3n) is 7.78. The second-order valence-electron chi connectivity index (χ2n) is 11.0. The van der Waals surface area contributed by atoms with Gasteiger partial charge in [0.15, 0.2) is 29.0 Å². The Balaban J connectivity index is 1.76. The smallest absolute Gasteiger partial charge is 0.329 e. The lowest BCUT2D eigenvalue weighted by atomic mass is 9.90. The van der Waals surface area contributed by atoms with Gasteiger partial charge in [0.25, 0.3) is 5.91 Å². The molecular formula is C31H31F5N4O7. The predicted molar refractivity (Wildman–Crippen MR) is 153 cm³/mol. The first-order chi connectivity index (χ1) is 22.2. The molecule has 0 aliphatic carbocycles. The summed E-state index contributed by atoms with van der Waals surface area (Å²) in [6, 6.07) is 6.03. The predicted octanol–water partition coefficient (Wildman–Crippen LogP) is 1.77. The van der Waals surface area contributed by atoms with E-state index in [2.05, 4.69) is 20.9 Å². The number of halogens is 5. The second-order valence-corrected chi connectivity index (χ2v) is 11.0. The molecule has 0 spiro atoms. The molecule has 6 N–H and O–H groups in total. The Bertz CT molecular complexity index is 1600. The molecular weight excluding hydrogens is 635 g/mol. The molecule has 7 atom stereocenters. The van der Waals surface area contributed by atoms with E-state index in [-0.39, 0.29) is 6.42 Å². The van der Waals surface area contributed by atoms with Crippen LogP contribution >= 0.6 is 0 Å². The average molecular weight is 667 g/mol. The molecule has 0 saturated carbocycles. The zero-order chi connectivity index (χ0) is 34.6. The number of ether oxygens (including phenoxy) is 1. The van der Waals surface area contributed by atoms with Crippen LogP contribution in [0.5, 0.6) is 5.75 Å². The van der Waals surface area contributed by atoms with E-state index in [1.54, 1.807) is 30.3 Å². The average Bonchev–Trinajstić information content (AvgIpc) is 3.05. The normalized spacial score (nSPS) is 25.6. The number of carbonyl (C=O) groups is 3. The van der Waals surface area contributed by atoms with Crippen LogP contribution in [0.1, 0.15) is 35.5 Å². The van der Waals surface area contributed by atoms with Crippen molar-refractivity contribution >= 4 is 17.8 Å². The standard InChI is InChI=1S/C31H31F5N4O7/c1-13-27(42)17(12-16-20(32)22(34)24(36)23(35)21(16)33)38-29(44)25(40-30(45)26-19(41)9-6-10-37-26)14(2)47-31(46)18(39-28(13)43)11-15-7-4-3-5-8-15/h3-10,13-14,17-18,25,27,29,38,41-42,44H,11-12H2,1-2H3,(H,39,43)(H,40,45). The maximum atomic E-state index is 14.7. The Morgan fingerprint density at radius 2 is 1.53 bits per heavy atom. The first-order valence-electron chi connectivity index (χ1n) is 14.3. The number of pyridine rings is 1. The molecule has 11 nitrogen and oxygen atoms in total. The van der Waals surface area contributed by atoms with E-state index < -0.39 is 113 Å². The van der Waals surface area contributed by atoms with Gasteiger partial charge in [-0.15, -0.1) is 0 Å². The summed E-state index contributed by atoms with van der Waals surface area (Å²) >= 11 is 0. The molecule has 0 bridgehead atoms. The summed E-state index contributed by atoms with van der Waals surface area (Å²) < 4.78 is 76.8. The third-order valence-corrected chi connectivity index (χ3v) is 7.78. The van der Waals surface area contributed by atoms with Crippen molar-refractivity contribution in [3.8, 4) is 5.75 Å². The van der Waals surface area contributed by atoms with Crippen molar-refractivity contribution in [2.45, 2.75) is 63.3 Å². The van der Waals surface area contributed by atoms with Crippen LogP contribution in [0.3, 0.4) is 0 Å². The van der Waals surface area contributed by atoms with Crippen LogP contribution in [0.4, 0.5) is 22.0 Å². The molecule has 1 fully saturated rings. The Hall–Kier alpha value is -4.67. The molecule has 16 heteroatoms. The molecule has 3 aromatic rings. The van der Waals surface area contributed by atoms with E-state index in [1.165, 1.54) is 26.1 Å². The quantitative estimate of drug-likeness (QED) is 0.0994. The lowest BCUT2D eigenvalue weighted by Gasteiger charge is -2.36. The van der Waals surface area contributed by atoms with E-state index in [0.29, 0.717) is 5.56 Å². The highest BCUT2D eigenvalue weighted by atomic mass is 19.2. The van der Waals surface area contributed by atoms with Gasteiger partial charge >= 0.3 is 5.97 Å². The van der Waals surface area contributed by atoms with Crippen LogP contribution in [0.2, 0.25) is 0 Å². The lowest BCUT2D eigenvalue weighted by Crippen LogP contribution is -2.62. The summed E-state index contributed by atoms with van der Waals surface area (Å²) in [5.41, 5.74) is -1.26. The number of nitrogens with one attached hydrogen (secondary N) is 3. The minimum absolute atomic E-state index is 0.103. The molecule has 2 amide bonds. The summed E-state index contributed by atoms with van der Waals surface area (Å²) in [4.78, 5) is 43.5. The molecule has 0 radical (unpaired) electrons. The molecule has 1 aliphatic rings. The number of hydrogen-bond donors (Lipinski definition) is 6. The molecule has 1 aliphatic heterocycles. The van der Waals surface area contributed by atoms with Crippen molar-refractivity contribution < 1.29 is 56.4 Å². The lowest BCUT2D eigenvalue weighted by molar-refractivity contribution is -0.157. The molecule has 252 valence electrons. The number of hydrogen-bond acceptors (Lipinski definition) is 9. The SMILES string of the molecule is CC1OC(=O)C(Cc2ccccc2)NC(=O)C(C)C(O)C(Cc2c(F)c(F)c(F)c(F)c2F)NC(O)C1NC(=O)c1ncccc1O. The first kappa shape index (κ1) is 35.2. The number of aliphatic hydroxyl groups excluding tert-OH is 2. The summed E-state index contributed by atoms with van der Waals surface area (Å²) in [7, 11) is 0. The topological polar surface area (TPSA) is 170 Å². The minimum atomic E-state index is -2.41. The number of aromatic hydroxyl groups is 1. The van der Waals surface area contributed by atoms with Gasteiger partial charge in [-0.1, -0.05) is 37.3 Å². The van der Waals surface area contributed by atoms with Gasteiger partial charge in [-0.3, -0.25) is 14.9 Å². The van der Waals surface area contributed by atoms with Crippen molar-refractivity contribution in [1.29, 1.82) is 0 Å². The molecule has 7 unspecified atom stereocenters. The molecule has 47 heavy (non-hydrogen) atoms. The van der Waals surface area contributed by atoms with E-state index in [1.807, 2.05) is 0 Å². The van der Waals surface area contributed by atoms with Crippen molar-refractivity contribution in [3.05, 3.63) is 94.6 Å². The highest BCUT2D eigenvalue weighted by Crippen LogP contribution is 2.26. The molecule has 2 heterocycles. The number of aromatic nitrogens is 1. The van der Waals surface area contributed by atoms with Crippen LogP contribution < -0.4 is 16.0 Å². The maximum Gasteiger partial charge on any atom is 0.329 e. The zero-order valence-corrected chi connectivity index (χ0v) is 24.9. The van der Waals surface area contributed by atoms with Crippen molar-refractivity contribution in [2.24, 2.45) is 5.92 Å². The van der Waals surface area contributed by atoms with Crippen LogP contribution in [0, 0.1) is 35.0 Å². The largest absolute Gasteiger partial charge is 0.505 e. The van der Waals surface area contributed by atoms with Gasteiger partial charge in [-0.05, 0) is 31.0 Å². The summed E-state index contributed by atoms with van der Waals surface area (Å²) in [5, 5.41) is 39.8. The van der Waals surface area contributed by atoms with Gasteiger partial charge in [0.1, 0.15) is 30.2 Å². The van der Waals surface area contributed by atoms with Gasteiger partial charge in [0.05, 0.1) is 12.0 Å². The highest BCUT2D eigenvalue weighted by molar-refractivity contribution is 5.95. The molecule has 1 saturated heterocycles. The van der Waals surface area contributed by atoms with Crippen molar-refractivity contribution in [1.82, 2.24) is 20.9 Å². The van der Waals surface area contributed by atoms with Gasteiger partial charge in [-0.2, -0.15) is 0 Å². The fourth-order valence-electron chi connectivity index (χ4n) is 5.08. The first-order valence-corrected chi connectivity index (χ1v) is 14.3. The van der Waals surface area contributed by atoms with E-state index in [0.717, 1.165) is 6.07 Å². The second kappa shape index (κ2) is 14.8. The Labute approximate surface area is 264 Å². The number of aliphatic hydroxyl groups is 2. The van der Waals surface area contributed by atoms with Crippen LogP contribution in [-0.4, -0.2) is 74.6 Å². The van der Waals surface area contributed by atoms with Gasteiger partial charge in [0.2, 0.25) is 11.7 Å². The Morgan fingerprint density at radius 3 is 2.15 bits per heavy atom. The van der Waals surface area contributed by atoms with Crippen molar-refractivity contribution in [3.63, 3.8) is 0 Å². The molecule has 4 rings (SSSR count). The number of carbonyl (C=O) groups excluding carboxylic acids is 3.